The fourth-order valence-electron chi connectivity index (χ4n) is 3.37. The van der Waals surface area contributed by atoms with Gasteiger partial charge in [-0.15, -0.1) is 0 Å². The molecule has 2 aromatic rings. The summed E-state index contributed by atoms with van der Waals surface area (Å²) >= 11 is 0. The Morgan fingerprint density at radius 3 is 2.52 bits per heavy atom. The van der Waals surface area contributed by atoms with Gasteiger partial charge in [-0.25, -0.2) is 13.6 Å². The van der Waals surface area contributed by atoms with Gasteiger partial charge in [0, 0.05) is 38.1 Å². The van der Waals surface area contributed by atoms with Gasteiger partial charge < -0.3 is 15.0 Å². The maximum Gasteiger partial charge on any atom is 0.410 e. The van der Waals surface area contributed by atoms with Crippen molar-refractivity contribution in [3.63, 3.8) is 0 Å². The fourth-order valence-corrected chi connectivity index (χ4v) is 3.37. The highest BCUT2D eigenvalue weighted by Crippen LogP contribution is 2.26. The number of rotatable bonds is 4. The van der Waals surface area contributed by atoms with Crippen LogP contribution in [0.3, 0.4) is 0 Å². The number of hydrogen-bond donors (Lipinski definition) is 1. The third-order valence-electron chi connectivity index (χ3n) is 4.79. The van der Waals surface area contributed by atoms with Crippen molar-refractivity contribution in [2.24, 2.45) is 0 Å². The van der Waals surface area contributed by atoms with Crippen molar-refractivity contribution in [2.45, 2.75) is 32.4 Å². The second kappa shape index (κ2) is 9.38. The number of benzene rings is 1. The van der Waals surface area contributed by atoms with Gasteiger partial charge in [-0.05, 0) is 50.6 Å². The van der Waals surface area contributed by atoms with E-state index < -0.39 is 29.2 Å². The Kier molecular flexibility index (Phi) is 6.84. The summed E-state index contributed by atoms with van der Waals surface area (Å²) in [6.07, 6.45) is 2.88. The first-order chi connectivity index (χ1) is 14.6. The smallest absolute Gasteiger partial charge is 0.410 e. The van der Waals surface area contributed by atoms with Crippen molar-refractivity contribution >= 4 is 17.7 Å². The van der Waals surface area contributed by atoms with E-state index >= 15 is 0 Å². The van der Waals surface area contributed by atoms with E-state index in [-0.39, 0.29) is 18.3 Å². The van der Waals surface area contributed by atoms with Gasteiger partial charge in [-0.2, -0.15) is 0 Å². The van der Waals surface area contributed by atoms with Crippen LogP contribution >= 0.6 is 0 Å². The Hall–Kier alpha value is -3.07. The minimum atomic E-state index is -0.839. The largest absolute Gasteiger partial charge is 0.444 e. The number of amides is 2. The average Bonchev–Trinajstić information content (AvgIpc) is 2.70. The molecule has 2 heterocycles. The lowest BCUT2D eigenvalue weighted by atomic mass is 10.0. The van der Waals surface area contributed by atoms with Crippen LogP contribution in [0.25, 0.3) is 0 Å². The lowest BCUT2D eigenvalue weighted by Crippen LogP contribution is -2.53. The standard InChI is InChI=1S/C22H26F2N4O3/c1-22(2,3)31-21(30)28-11-10-27(19(13-28)15-6-8-25-9-7-15)14-20(29)26-18-5-4-16(23)12-17(18)24/h4-9,12,19H,10-11,13-14H2,1-3H3,(H,26,29)/t19-/m0/s1. The summed E-state index contributed by atoms with van der Waals surface area (Å²) < 4.78 is 32.5. The lowest BCUT2D eigenvalue weighted by molar-refractivity contribution is -0.118. The molecule has 9 heteroatoms. The second-order valence-electron chi connectivity index (χ2n) is 8.37. The highest BCUT2D eigenvalue weighted by atomic mass is 19.1. The summed E-state index contributed by atoms with van der Waals surface area (Å²) in [7, 11) is 0. The maximum absolute atomic E-state index is 13.9. The quantitative estimate of drug-likeness (QED) is 0.799. The van der Waals surface area contributed by atoms with Crippen LogP contribution in [0, 0.1) is 11.6 Å². The molecule has 0 aliphatic carbocycles. The summed E-state index contributed by atoms with van der Waals surface area (Å²) in [4.78, 5) is 32.7. The number of ether oxygens (including phenoxy) is 1. The molecule has 1 aliphatic rings. The van der Waals surface area contributed by atoms with Crippen molar-refractivity contribution in [1.29, 1.82) is 0 Å². The Morgan fingerprint density at radius 2 is 1.87 bits per heavy atom. The van der Waals surface area contributed by atoms with E-state index in [2.05, 4.69) is 10.3 Å². The highest BCUT2D eigenvalue weighted by molar-refractivity contribution is 5.92. The number of hydrogen-bond acceptors (Lipinski definition) is 5. The minimum absolute atomic E-state index is 0.0219. The highest BCUT2D eigenvalue weighted by Gasteiger charge is 2.33. The van der Waals surface area contributed by atoms with E-state index in [1.54, 1.807) is 38.1 Å². The van der Waals surface area contributed by atoms with Gasteiger partial charge in [0.2, 0.25) is 5.91 Å². The molecule has 1 N–H and O–H groups in total. The Labute approximate surface area is 180 Å². The monoisotopic (exact) mass is 432 g/mol. The molecular formula is C22H26F2N4O3. The lowest BCUT2D eigenvalue weighted by Gasteiger charge is -2.41. The van der Waals surface area contributed by atoms with Crippen molar-refractivity contribution < 1.29 is 23.1 Å². The molecule has 2 amide bonds. The molecule has 7 nitrogen and oxygen atoms in total. The second-order valence-corrected chi connectivity index (χ2v) is 8.37. The molecule has 3 rings (SSSR count). The molecule has 166 valence electrons. The summed E-state index contributed by atoms with van der Waals surface area (Å²) in [5.74, 6) is -1.99. The minimum Gasteiger partial charge on any atom is -0.444 e. The summed E-state index contributed by atoms with van der Waals surface area (Å²) in [6.45, 7) is 6.53. The molecule has 0 saturated carbocycles. The molecule has 1 aliphatic heterocycles. The van der Waals surface area contributed by atoms with Crippen molar-refractivity contribution in [1.82, 2.24) is 14.8 Å². The number of piperazine rings is 1. The van der Waals surface area contributed by atoms with E-state index in [0.29, 0.717) is 19.6 Å². The average molecular weight is 432 g/mol. The molecule has 0 unspecified atom stereocenters. The Bertz CT molecular complexity index is 934. The van der Waals surface area contributed by atoms with Gasteiger partial charge in [0.05, 0.1) is 18.3 Å². The third kappa shape index (κ3) is 6.21. The normalized spacial score (nSPS) is 17.3. The topological polar surface area (TPSA) is 74.8 Å². The molecule has 31 heavy (non-hydrogen) atoms. The molecule has 1 aromatic carbocycles. The number of anilines is 1. The van der Waals surface area contributed by atoms with Crippen LogP contribution in [-0.4, -0.2) is 58.6 Å². The van der Waals surface area contributed by atoms with E-state index in [0.717, 1.165) is 17.7 Å². The maximum atomic E-state index is 13.9. The first-order valence-corrected chi connectivity index (χ1v) is 9.99. The van der Waals surface area contributed by atoms with Crippen molar-refractivity contribution in [3.05, 3.63) is 59.9 Å². The van der Waals surface area contributed by atoms with Crippen LogP contribution in [0.2, 0.25) is 0 Å². The number of nitrogens with one attached hydrogen (secondary N) is 1. The molecule has 1 aromatic heterocycles. The predicted molar refractivity (Wildman–Crippen MR) is 111 cm³/mol. The molecule has 1 fully saturated rings. The van der Waals surface area contributed by atoms with E-state index in [4.69, 9.17) is 4.74 Å². The SMILES string of the molecule is CC(C)(C)OC(=O)N1CCN(CC(=O)Nc2ccc(F)cc2F)[C@H](c2ccncc2)C1. The van der Waals surface area contributed by atoms with Gasteiger partial charge in [0.15, 0.2) is 0 Å². The van der Waals surface area contributed by atoms with Gasteiger partial charge >= 0.3 is 6.09 Å². The van der Waals surface area contributed by atoms with Crippen LogP contribution in [-0.2, 0) is 9.53 Å². The number of nitrogens with zero attached hydrogens (tertiary/aromatic N) is 3. The molecule has 1 atom stereocenters. The zero-order valence-corrected chi connectivity index (χ0v) is 17.8. The summed E-state index contributed by atoms with van der Waals surface area (Å²) in [5.41, 5.74) is 0.197. The van der Waals surface area contributed by atoms with Crippen molar-refractivity contribution in [2.75, 3.05) is 31.5 Å². The molecule has 0 spiro atoms. The van der Waals surface area contributed by atoms with Crippen LogP contribution in [0.15, 0.2) is 42.7 Å². The Balaban J connectivity index is 1.72. The van der Waals surface area contributed by atoms with Crippen LogP contribution in [0.4, 0.5) is 19.3 Å². The van der Waals surface area contributed by atoms with Crippen LogP contribution in [0.5, 0.6) is 0 Å². The number of pyridine rings is 1. The first kappa shape index (κ1) is 22.6. The van der Waals surface area contributed by atoms with Crippen LogP contribution in [0.1, 0.15) is 32.4 Å². The molecule has 1 saturated heterocycles. The molecule has 0 radical (unpaired) electrons. The Morgan fingerprint density at radius 1 is 1.16 bits per heavy atom. The van der Waals surface area contributed by atoms with E-state index in [1.807, 2.05) is 17.0 Å². The first-order valence-electron chi connectivity index (χ1n) is 9.99. The zero-order chi connectivity index (χ0) is 22.6. The van der Waals surface area contributed by atoms with E-state index in [1.165, 1.54) is 6.07 Å². The number of carbonyl (C=O) groups is 2. The molecule has 0 bridgehead atoms. The number of halogens is 2. The summed E-state index contributed by atoms with van der Waals surface area (Å²) in [6, 6.07) is 6.37. The number of aromatic nitrogens is 1. The predicted octanol–water partition coefficient (Wildman–Crippen LogP) is 3.59. The van der Waals surface area contributed by atoms with Gasteiger partial charge in [-0.1, -0.05) is 0 Å². The third-order valence-corrected chi connectivity index (χ3v) is 4.79. The number of carbonyl (C=O) groups excluding carboxylic acids is 2. The van der Waals surface area contributed by atoms with E-state index in [9.17, 15) is 18.4 Å². The summed E-state index contributed by atoms with van der Waals surface area (Å²) in [5, 5.41) is 2.48. The van der Waals surface area contributed by atoms with Crippen molar-refractivity contribution in [3.8, 4) is 0 Å². The van der Waals surface area contributed by atoms with Gasteiger partial charge in [0.25, 0.3) is 0 Å². The van der Waals surface area contributed by atoms with Gasteiger partial charge in [0.1, 0.15) is 17.2 Å². The van der Waals surface area contributed by atoms with Crippen LogP contribution < -0.4 is 5.32 Å². The fraction of sp³-hybridized carbons (Fsp3) is 0.409. The van der Waals surface area contributed by atoms with Gasteiger partial charge in [-0.3, -0.25) is 14.7 Å². The zero-order valence-electron chi connectivity index (χ0n) is 17.8. The molecular weight excluding hydrogens is 406 g/mol.